The van der Waals surface area contributed by atoms with Crippen LogP contribution >= 0.6 is 47.0 Å². The monoisotopic (exact) mass is 490 g/mol. The molecule has 0 bridgehead atoms. The molecule has 0 unspecified atom stereocenters. The summed E-state index contributed by atoms with van der Waals surface area (Å²) in [7, 11) is 2.48. The number of esters is 4. The molecule has 30 heavy (non-hydrogen) atoms. The second kappa shape index (κ2) is 11.6. The Bertz CT molecular complexity index is 823. The van der Waals surface area contributed by atoms with E-state index >= 15 is 0 Å². The van der Waals surface area contributed by atoms with E-state index in [0.717, 1.165) is 37.6 Å². The number of carbonyl (C=O) groups excluding carboxylic acids is 4. The Hall–Kier alpha value is -1.76. The highest BCUT2D eigenvalue weighted by molar-refractivity contribution is 8.29. The van der Waals surface area contributed by atoms with Crippen molar-refractivity contribution in [3.8, 4) is 0 Å². The first-order chi connectivity index (χ1) is 14.2. The van der Waals surface area contributed by atoms with Gasteiger partial charge < -0.3 is 18.9 Å². The van der Waals surface area contributed by atoms with Gasteiger partial charge in [-0.25, -0.2) is 9.59 Å². The van der Waals surface area contributed by atoms with Crippen molar-refractivity contribution in [3.05, 3.63) is 40.2 Å². The molecule has 12 heteroatoms. The Morgan fingerprint density at radius 2 is 1.07 bits per heavy atom. The van der Waals surface area contributed by atoms with Gasteiger partial charge in [-0.2, -0.15) is 0 Å². The normalized spacial score (nSPS) is 15.9. The largest absolute Gasteiger partial charge is 0.465 e. The smallest absolute Gasteiger partial charge is 0.346 e. The summed E-state index contributed by atoms with van der Waals surface area (Å²) in [4.78, 5) is 48.0. The van der Waals surface area contributed by atoms with Gasteiger partial charge in [-0.3, -0.25) is 9.59 Å². The Kier molecular flexibility index (Phi) is 9.46. The molecule has 0 saturated carbocycles. The van der Waals surface area contributed by atoms with Crippen molar-refractivity contribution < 1.29 is 38.1 Å². The number of allylic oxidation sites excluding steroid dienone is 2. The van der Waals surface area contributed by atoms with E-state index in [1.54, 1.807) is 6.08 Å². The maximum absolute atomic E-state index is 11.9. The predicted octanol–water partition coefficient (Wildman–Crippen LogP) is 3.52. The average Bonchev–Trinajstić information content (AvgIpc) is 3.31. The molecule has 0 aromatic carbocycles. The number of hydrogen-bond donors (Lipinski definition) is 0. The minimum Gasteiger partial charge on any atom is -0.465 e. The molecule has 162 valence electrons. The molecule has 0 aromatic rings. The van der Waals surface area contributed by atoms with Crippen LogP contribution in [0.5, 0.6) is 0 Å². The first kappa shape index (κ1) is 24.5. The number of ether oxygens (including phenoxy) is 4. The van der Waals surface area contributed by atoms with Crippen LogP contribution in [0.4, 0.5) is 0 Å². The molecule has 0 aromatic heterocycles. The van der Waals surface area contributed by atoms with Gasteiger partial charge in [0.05, 0.1) is 18.5 Å². The Labute approximate surface area is 190 Å². The van der Waals surface area contributed by atoms with E-state index in [0.29, 0.717) is 4.24 Å². The lowest BCUT2D eigenvalue weighted by Crippen LogP contribution is -2.08. The molecule has 0 atom stereocenters. The molecule has 2 rings (SSSR count). The molecule has 0 amide bonds. The maximum atomic E-state index is 11.9. The standard InChI is InChI=1S/C18H18O8S4/c1-9(19)25-7-11-12(8-26-10(2)20)28-13(27-11)5-6-14-29-15(17(21)23-3)16(30-14)18(22)24-4/h5-6H,7-8H2,1-4H3. The minimum atomic E-state index is -0.609. The van der Waals surface area contributed by atoms with Crippen molar-refractivity contribution in [3.63, 3.8) is 0 Å². The fourth-order valence-electron chi connectivity index (χ4n) is 1.97. The van der Waals surface area contributed by atoms with Crippen molar-refractivity contribution >= 4 is 70.9 Å². The van der Waals surface area contributed by atoms with Crippen LogP contribution in [-0.2, 0) is 38.1 Å². The third-order valence-electron chi connectivity index (χ3n) is 3.28. The van der Waals surface area contributed by atoms with E-state index < -0.39 is 23.9 Å². The number of rotatable bonds is 7. The Balaban J connectivity index is 2.13. The van der Waals surface area contributed by atoms with Crippen molar-refractivity contribution in [1.82, 2.24) is 0 Å². The average molecular weight is 491 g/mol. The van der Waals surface area contributed by atoms with Gasteiger partial charge in [0.25, 0.3) is 0 Å². The molecule has 0 aliphatic carbocycles. The van der Waals surface area contributed by atoms with E-state index in [1.165, 1.54) is 51.6 Å². The van der Waals surface area contributed by atoms with Crippen LogP contribution < -0.4 is 0 Å². The third kappa shape index (κ3) is 6.89. The van der Waals surface area contributed by atoms with Gasteiger partial charge in [0.15, 0.2) is 0 Å². The number of thioether (sulfide) groups is 4. The molecule has 8 nitrogen and oxygen atoms in total. The third-order valence-corrected chi connectivity index (χ3v) is 8.26. The summed E-state index contributed by atoms with van der Waals surface area (Å²) in [5, 5.41) is 0. The van der Waals surface area contributed by atoms with Crippen LogP contribution in [0, 0.1) is 0 Å². The van der Waals surface area contributed by atoms with Crippen LogP contribution in [0.15, 0.2) is 40.2 Å². The van der Waals surface area contributed by atoms with Gasteiger partial charge in [-0.1, -0.05) is 47.0 Å². The van der Waals surface area contributed by atoms with E-state index in [2.05, 4.69) is 0 Å². The molecule has 0 spiro atoms. The Morgan fingerprint density at radius 1 is 0.700 bits per heavy atom. The second-order valence-corrected chi connectivity index (χ2v) is 10.3. The predicted molar refractivity (Wildman–Crippen MR) is 118 cm³/mol. The first-order valence-electron chi connectivity index (χ1n) is 8.28. The molecule has 2 aliphatic heterocycles. The Morgan fingerprint density at radius 3 is 1.40 bits per heavy atom. The van der Waals surface area contributed by atoms with Gasteiger partial charge in [0, 0.05) is 27.9 Å². The maximum Gasteiger partial charge on any atom is 0.346 e. The zero-order chi connectivity index (χ0) is 22.3. The minimum absolute atomic E-state index is 0.0849. The van der Waals surface area contributed by atoms with Gasteiger partial charge in [0.1, 0.15) is 23.0 Å². The highest BCUT2D eigenvalue weighted by Crippen LogP contribution is 2.52. The molecular weight excluding hydrogens is 472 g/mol. The van der Waals surface area contributed by atoms with Crippen molar-refractivity contribution in [2.24, 2.45) is 0 Å². The molecule has 2 aliphatic rings. The zero-order valence-electron chi connectivity index (χ0n) is 16.5. The summed E-state index contributed by atoms with van der Waals surface area (Å²) in [5.74, 6) is -2.03. The van der Waals surface area contributed by atoms with Crippen molar-refractivity contribution in [2.75, 3.05) is 27.4 Å². The van der Waals surface area contributed by atoms with E-state index in [1.807, 2.05) is 6.08 Å². The summed E-state index contributed by atoms with van der Waals surface area (Å²) in [6, 6.07) is 0. The summed E-state index contributed by atoms with van der Waals surface area (Å²) in [5.41, 5.74) is 0. The van der Waals surface area contributed by atoms with Crippen LogP contribution in [0.2, 0.25) is 0 Å². The van der Waals surface area contributed by atoms with Crippen LogP contribution in [0.3, 0.4) is 0 Å². The van der Waals surface area contributed by atoms with Crippen molar-refractivity contribution in [1.29, 1.82) is 0 Å². The molecule has 2 heterocycles. The lowest BCUT2D eigenvalue weighted by Gasteiger charge is -2.05. The second-order valence-electron chi connectivity index (χ2n) is 5.43. The summed E-state index contributed by atoms with van der Waals surface area (Å²) >= 11 is 5.03. The molecule has 0 saturated heterocycles. The van der Waals surface area contributed by atoms with Crippen LogP contribution in [0.25, 0.3) is 0 Å². The lowest BCUT2D eigenvalue weighted by atomic mass is 10.5. The molecule has 0 N–H and O–H groups in total. The van der Waals surface area contributed by atoms with Gasteiger partial charge in [0.2, 0.25) is 0 Å². The fourth-order valence-corrected chi connectivity index (χ4v) is 6.61. The van der Waals surface area contributed by atoms with E-state index in [9.17, 15) is 19.2 Å². The summed E-state index contributed by atoms with van der Waals surface area (Å²) in [6.07, 6.45) is 3.58. The number of hydrogen-bond acceptors (Lipinski definition) is 12. The lowest BCUT2D eigenvalue weighted by molar-refractivity contribution is -0.141. The summed E-state index contributed by atoms with van der Waals surface area (Å²) in [6.45, 7) is 2.81. The number of methoxy groups -OCH3 is 2. The van der Waals surface area contributed by atoms with Crippen LogP contribution in [-0.4, -0.2) is 51.3 Å². The van der Waals surface area contributed by atoms with Crippen molar-refractivity contribution in [2.45, 2.75) is 13.8 Å². The fraction of sp³-hybridized carbons (Fsp3) is 0.333. The SMILES string of the molecule is COC(=O)C1=C(C(=O)OC)SC(=CC=C2SC(COC(C)=O)=C(COC(C)=O)S2)S1. The molecule has 0 fully saturated rings. The summed E-state index contributed by atoms with van der Waals surface area (Å²) < 4.78 is 21.1. The molecular formula is C18H18O8S4. The zero-order valence-corrected chi connectivity index (χ0v) is 19.7. The van der Waals surface area contributed by atoms with Crippen LogP contribution in [0.1, 0.15) is 13.8 Å². The quantitative estimate of drug-likeness (QED) is 0.385. The number of carbonyl (C=O) groups is 4. The van der Waals surface area contributed by atoms with Gasteiger partial charge in [-0.15, -0.1) is 0 Å². The van der Waals surface area contributed by atoms with Gasteiger partial charge >= 0.3 is 23.9 Å². The van der Waals surface area contributed by atoms with E-state index in [4.69, 9.17) is 18.9 Å². The highest BCUT2D eigenvalue weighted by Gasteiger charge is 2.32. The topological polar surface area (TPSA) is 105 Å². The first-order valence-corrected chi connectivity index (χ1v) is 11.5. The van der Waals surface area contributed by atoms with Gasteiger partial charge in [-0.05, 0) is 12.2 Å². The van der Waals surface area contributed by atoms with E-state index in [-0.39, 0.29) is 23.0 Å². The highest BCUT2D eigenvalue weighted by atomic mass is 32.2. The molecule has 0 radical (unpaired) electrons.